The molecule has 0 spiro atoms. The molecule has 386 valence electrons. The van der Waals surface area contributed by atoms with Crippen LogP contribution >= 0.6 is 0 Å². The van der Waals surface area contributed by atoms with E-state index < -0.39 is 68.8 Å². The number of nitrogens with one attached hydrogen (secondary N) is 2. The van der Waals surface area contributed by atoms with Crippen molar-refractivity contribution in [3.63, 3.8) is 0 Å². The third kappa shape index (κ3) is 16.8. The van der Waals surface area contributed by atoms with Crippen LogP contribution in [0.1, 0.15) is 82.4 Å². The number of carboxylic acid groups (broad SMARTS) is 1. The van der Waals surface area contributed by atoms with Crippen LogP contribution in [0.3, 0.4) is 0 Å². The van der Waals surface area contributed by atoms with E-state index in [1.165, 1.54) is 6.92 Å². The molecule has 0 aromatic heterocycles. The van der Waals surface area contributed by atoms with E-state index in [0.29, 0.717) is 33.8 Å². The zero-order valence-corrected chi connectivity index (χ0v) is 46.1. The van der Waals surface area contributed by atoms with E-state index in [9.17, 15) is 24.3 Å². The number of carbonyl (C=O) groups excluding carboxylic acids is 3. The standard InChI is InChI=1S/C57H74N2O11Si2/c1-55(2,3)69-54(64)59-57(7,52(61)62)50(70-72(11,12)56(4,5)6)46-35-44(29-31-49(46)67-38-41-24-18-14-19-25-41)43-28-30-48(66-37-40-22-16-13-17-23-40)45(34-43)36-47(51(60)65-32-33-71(8,9)10)58-53(63)68-39-42-26-20-15-21-27-42/h13-31,34-35,47,50H,32-33,36-39H2,1-12H3,(H,58,63)(H,59,64)(H,61,62)/t47-,50+,57-/m0/s1. The molecule has 5 rings (SSSR count). The number of benzene rings is 5. The summed E-state index contributed by atoms with van der Waals surface area (Å²) in [6.45, 7) is 23.8. The van der Waals surface area contributed by atoms with E-state index in [1.54, 1.807) is 26.8 Å². The monoisotopic (exact) mass is 1020 g/mol. The Hall–Kier alpha value is -6.43. The Morgan fingerprint density at radius 1 is 0.611 bits per heavy atom. The fourth-order valence-corrected chi connectivity index (χ4v) is 9.20. The average Bonchev–Trinajstić information content (AvgIpc) is 3.30. The summed E-state index contributed by atoms with van der Waals surface area (Å²) in [5, 5.41) is 16.3. The molecule has 0 aliphatic heterocycles. The number of esters is 1. The van der Waals surface area contributed by atoms with Crippen LogP contribution in [0.15, 0.2) is 127 Å². The molecule has 0 unspecified atom stereocenters. The van der Waals surface area contributed by atoms with Crippen molar-refractivity contribution in [2.75, 3.05) is 6.61 Å². The molecule has 3 N–H and O–H groups in total. The number of alkyl carbamates (subject to hydrolysis) is 2. The van der Waals surface area contributed by atoms with Crippen molar-refractivity contribution >= 4 is 40.5 Å². The molecule has 3 atom stereocenters. The first kappa shape index (κ1) is 56.5. The molecule has 5 aromatic carbocycles. The number of hydrogen-bond acceptors (Lipinski definition) is 10. The molecule has 0 bridgehead atoms. The molecule has 2 amide bonds. The highest BCUT2D eigenvalue weighted by Crippen LogP contribution is 2.46. The first-order valence-corrected chi connectivity index (χ1v) is 31.0. The van der Waals surface area contributed by atoms with Crippen molar-refractivity contribution in [3.8, 4) is 22.6 Å². The lowest BCUT2D eigenvalue weighted by Crippen LogP contribution is -2.60. The van der Waals surface area contributed by atoms with Crippen molar-refractivity contribution in [2.45, 2.75) is 142 Å². The van der Waals surface area contributed by atoms with Gasteiger partial charge in [0.1, 0.15) is 49.1 Å². The molecule has 0 heterocycles. The molecule has 13 nitrogen and oxygen atoms in total. The van der Waals surface area contributed by atoms with E-state index in [4.69, 9.17) is 28.1 Å². The second kappa shape index (κ2) is 24.3. The van der Waals surface area contributed by atoms with Gasteiger partial charge in [0.2, 0.25) is 0 Å². The first-order valence-electron chi connectivity index (χ1n) is 24.4. The van der Waals surface area contributed by atoms with Gasteiger partial charge in [0.15, 0.2) is 13.9 Å². The summed E-state index contributed by atoms with van der Waals surface area (Å²) >= 11 is 0. The molecule has 15 heteroatoms. The highest BCUT2D eigenvalue weighted by atomic mass is 28.4. The van der Waals surface area contributed by atoms with Crippen LogP contribution in [0, 0.1) is 0 Å². The third-order valence-electron chi connectivity index (χ3n) is 12.4. The largest absolute Gasteiger partial charge is 0.489 e. The van der Waals surface area contributed by atoms with Gasteiger partial charge in [0, 0.05) is 20.1 Å². The quantitative estimate of drug-likeness (QED) is 0.0343. The molecule has 0 fully saturated rings. The van der Waals surface area contributed by atoms with Gasteiger partial charge in [0.05, 0.1) is 6.61 Å². The topological polar surface area (TPSA) is 168 Å². The van der Waals surface area contributed by atoms with Gasteiger partial charge in [-0.3, -0.25) is 0 Å². The molecular formula is C57H74N2O11Si2. The van der Waals surface area contributed by atoms with Crippen molar-refractivity contribution in [3.05, 3.63) is 155 Å². The molecule has 0 radical (unpaired) electrons. The lowest BCUT2D eigenvalue weighted by Gasteiger charge is -2.44. The second-order valence-electron chi connectivity index (χ2n) is 22.0. The van der Waals surface area contributed by atoms with Crippen LogP contribution in [0.25, 0.3) is 11.1 Å². The summed E-state index contributed by atoms with van der Waals surface area (Å²) in [6, 6.07) is 39.1. The van der Waals surface area contributed by atoms with Crippen LogP contribution in [0.5, 0.6) is 11.5 Å². The van der Waals surface area contributed by atoms with Crippen molar-refractivity contribution < 1.29 is 52.4 Å². The van der Waals surface area contributed by atoms with E-state index in [2.05, 4.69) is 51.0 Å². The molecular weight excluding hydrogens is 945 g/mol. The number of carbonyl (C=O) groups is 4. The maximum Gasteiger partial charge on any atom is 0.408 e. The van der Waals surface area contributed by atoms with Crippen LogP contribution in [-0.2, 0) is 54.5 Å². The summed E-state index contributed by atoms with van der Waals surface area (Å²) in [5.74, 6) is -1.17. The number of amides is 2. The Morgan fingerprint density at radius 2 is 1.11 bits per heavy atom. The Labute approximate surface area is 428 Å². The maximum absolute atomic E-state index is 14.1. The molecule has 5 aromatic rings. The highest BCUT2D eigenvalue weighted by molar-refractivity contribution is 6.76. The summed E-state index contributed by atoms with van der Waals surface area (Å²) in [7, 11) is -4.46. The zero-order valence-electron chi connectivity index (χ0n) is 44.1. The minimum Gasteiger partial charge on any atom is -0.489 e. The van der Waals surface area contributed by atoms with Crippen molar-refractivity contribution in [2.24, 2.45) is 0 Å². The summed E-state index contributed by atoms with van der Waals surface area (Å²) < 4.78 is 37.3. The number of rotatable bonds is 22. The second-order valence-corrected chi connectivity index (χ2v) is 32.3. The number of aliphatic carboxylic acids is 1. The predicted octanol–water partition coefficient (Wildman–Crippen LogP) is 12.7. The number of ether oxygens (including phenoxy) is 5. The van der Waals surface area contributed by atoms with Gasteiger partial charge in [0.25, 0.3) is 0 Å². The lowest BCUT2D eigenvalue weighted by atomic mass is 9.87. The zero-order chi connectivity index (χ0) is 52.9. The molecule has 72 heavy (non-hydrogen) atoms. The fraction of sp³-hybridized carbons (Fsp3) is 0.404. The fourth-order valence-electron chi connectivity index (χ4n) is 7.18. The van der Waals surface area contributed by atoms with E-state index >= 15 is 0 Å². The Balaban J connectivity index is 1.67. The minimum atomic E-state index is -2.87. The molecule has 0 saturated carbocycles. The normalized spacial score (nSPS) is 13.7. The number of hydrogen-bond donors (Lipinski definition) is 3. The SMILES string of the molecule is CC(C)(C)OC(=O)N[C@](C)(C(=O)O)[C@H](O[Si](C)(C)C(C)(C)C)c1cc(-c2ccc(OCc3ccccc3)c(C[C@H](NC(=O)OCc3ccccc3)C(=O)OCC[Si](C)(C)C)c2)ccc1OCc1ccccc1. The lowest BCUT2D eigenvalue weighted by molar-refractivity contribution is -0.149. The third-order valence-corrected chi connectivity index (χ3v) is 18.6. The van der Waals surface area contributed by atoms with Gasteiger partial charge < -0.3 is 43.9 Å². The average molecular weight is 1020 g/mol. The van der Waals surface area contributed by atoms with E-state index in [-0.39, 0.29) is 32.8 Å². The Bertz CT molecular complexity index is 2590. The van der Waals surface area contributed by atoms with Gasteiger partial charge >= 0.3 is 24.1 Å². The summed E-state index contributed by atoms with van der Waals surface area (Å²) in [6.07, 6.45) is -3.08. The van der Waals surface area contributed by atoms with Crippen LogP contribution in [0.2, 0.25) is 43.8 Å². The maximum atomic E-state index is 14.1. The van der Waals surface area contributed by atoms with Gasteiger partial charge in [-0.1, -0.05) is 144 Å². The molecule has 0 aliphatic rings. The first-order chi connectivity index (χ1) is 33.7. The Morgan fingerprint density at radius 3 is 1.61 bits per heavy atom. The van der Waals surface area contributed by atoms with Crippen LogP contribution in [0.4, 0.5) is 9.59 Å². The smallest absolute Gasteiger partial charge is 0.408 e. The highest BCUT2D eigenvalue weighted by Gasteiger charge is 2.51. The molecule has 0 aliphatic carbocycles. The predicted molar refractivity (Wildman–Crippen MR) is 286 cm³/mol. The van der Waals surface area contributed by atoms with E-state index in [1.807, 2.05) is 134 Å². The van der Waals surface area contributed by atoms with Gasteiger partial charge in [-0.2, -0.15) is 0 Å². The van der Waals surface area contributed by atoms with Crippen molar-refractivity contribution in [1.29, 1.82) is 0 Å². The Kier molecular flexibility index (Phi) is 19.1. The van der Waals surface area contributed by atoms with Crippen molar-refractivity contribution in [1.82, 2.24) is 10.6 Å². The van der Waals surface area contributed by atoms with Gasteiger partial charge in [-0.25, -0.2) is 19.2 Å². The number of carboxylic acids is 1. The van der Waals surface area contributed by atoms with Crippen LogP contribution < -0.4 is 20.1 Å². The molecule has 0 saturated heterocycles. The minimum absolute atomic E-state index is 0.00721. The van der Waals surface area contributed by atoms with Gasteiger partial charge in [-0.15, -0.1) is 0 Å². The van der Waals surface area contributed by atoms with E-state index in [0.717, 1.165) is 22.7 Å². The summed E-state index contributed by atoms with van der Waals surface area (Å²) in [4.78, 5) is 54.9. The van der Waals surface area contributed by atoms with Gasteiger partial charge in [-0.05, 0) is 110 Å². The van der Waals surface area contributed by atoms with Crippen LogP contribution in [-0.4, -0.2) is 69.4 Å². The summed E-state index contributed by atoms with van der Waals surface area (Å²) in [5.41, 5.74) is 1.79.